The number of aliphatic hydroxyl groups excluding tert-OH is 1. The van der Waals surface area contributed by atoms with Crippen LogP contribution in [-0.4, -0.2) is 36.3 Å². The van der Waals surface area contributed by atoms with Crippen molar-refractivity contribution < 1.29 is 9.84 Å². The van der Waals surface area contributed by atoms with Gasteiger partial charge < -0.3 is 9.84 Å². The number of nitrogens with zero attached hydrogens (tertiary/aromatic N) is 1. The molecule has 3 nitrogen and oxygen atoms in total. The lowest BCUT2D eigenvalue weighted by molar-refractivity contribution is 0.126. The highest BCUT2D eigenvalue weighted by molar-refractivity contribution is 5.33. The van der Waals surface area contributed by atoms with E-state index in [0.29, 0.717) is 19.1 Å². The van der Waals surface area contributed by atoms with E-state index in [0.717, 1.165) is 38.2 Å². The second-order valence-electron chi connectivity index (χ2n) is 4.94. The minimum Gasteiger partial charge on any atom is -0.494 e. The number of ether oxygens (including phenoxy) is 1. The second kappa shape index (κ2) is 6.76. The van der Waals surface area contributed by atoms with Crippen LogP contribution in [0.5, 0.6) is 5.75 Å². The molecule has 1 N–H and O–H groups in total. The number of piperidine rings is 1. The predicted octanol–water partition coefficient (Wildman–Crippen LogP) is 2.29. The van der Waals surface area contributed by atoms with Crippen LogP contribution in [0.25, 0.3) is 0 Å². The van der Waals surface area contributed by atoms with Crippen LogP contribution in [0.4, 0.5) is 0 Å². The Morgan fingerprint density at radius 2 is 2.00 bits per heavy atom. The SMILES string of the molecule is CCOc1ccccc1CN1CCC(CO)CC1. The minimum absolute atomic E-state index is 0.337. The number of hydrogen-bond donors (Lipinski definition) is 1. The number of rotatable bonds is 5. The molecule has 0 unspecified atom stereocenters. The Morgan fingerprint density at radius 1 is 1.28 bits per heavy atom. The largest absolute Gasteiger partial charge is 0.494 e. The fourth-order valence-corrected chi connectivity index (χ4v) is 2.50. The highest BCUT2D eigenvalue weighted by atomic mass is 16.5. The number of benzene rings is 1. The van der Waals surface area contributed by atoms with Gasteiger partial charge in [-0.1, -0.05) is 18.2 Å². The predicted molar refractivity (Wildman–Crippen MR) is 72.7 cm³/mol. The Morgan fingerprint density at radius 3 is 2.67 bits per heavy atom. The van der Waals surface area contributed by atoms with E-state index < -0.39 is 0 Å². The first-order valence-corrected chi connectivity index (χ1v) is 6.87. The highest BCUT2D eigenvalue weighted by Gasteiger charge is 2.19. The van der Waals surface area contributed by atoms with E-state index in [2.05, 4.69) is 17.0 Å². The molecule has 1 aromatic carbocycles. The third kappa shape index (κ3) is 3.47. The van der Waals surface area contributed by atoms with Crippen molar-refractivity contribution in [1.29, 1.82) is 0 Å². The lowest BCUT2D eigenvalue weighted by atomic mass is 9.97. The Balaban J connectivity index is 1.93. The molecule has 0 saturated carbocycles. The molecule has 1 aliphatic rings. The van der Waals surface area contributed by atoms with Gasteiger partial charge in [0.1, 0.15) is 5.75 Å². The number of likely N-dealkylation sites (tertiary alicyclic amines) is 1. The number of para-hydroxylation sites is 1. The van der Waals surface area contributed by atoms with Gasteiger partial charge in [0.25, 0.3) is 0 Å². The fraction of sp³-hybridized carbons (Fsp3) is 0.600. The smallest absolute Gasteiger partial charge is 0.123 e. The molecule has 1 fully saturated rings. The molecule has 0 bridgehead atoms. The molecule has 1 aliphatic heterocycles. The van der Waals surface area contributed by atoms with Gasteiger partial charge in [0.15, 0.2) is 0 Å². The van der Waals surface area contributed by atoms with Crippen LogP contribution in [0.15, 0.2) is 24.3 Å². The van der Waals surface area contributed by atoms with Crippen molar-refractivity contribution in [2.75, 3.05) is 26.3 Å². The first-order valence-electron chi connectivity index (χ1n) is 6.87. The van der Waals surface area contributed by atoms with E-state index in [4.69, 9.17) is 9.84 Å². The van der Waals surface area contributed by atoms with Crippen LogP contribution < -0.4 is 4.74 Å². The molecule has 100 valence electrons. The van der Waals surface area contributed by atoms with Crippen molar-refractivity contribution in [3.8, 4) is 5.75 Å². The first kappa shape index (κ1) is 13.4. The molecule has 0 spiro atoms. The third-order valence-electron chi connectivity index (χ3n) is 3.63. The van der Waals surface area contributed by atoms with Crippen molar-refractivity contribution in [2.45, 2.75) is 26.3 Å². The molecule has 1 saturated heterocycles. The van der Waals surface area contributed by atoms with Crippen LogP contribution in [0.1, 0.15) is 25.3 Å². The fourth-order valence-electron chi connectivity index (χ4n) is 2.50. The highest BCUT2D eigenvalue weighted by Crippen LogP contribution is 2.23. The van der Waals surface area contributed by atoms with E-state index in [1.165, 1.54) is 5.56 Å². The van der Waals surface area contributed by atoms with Crippen LogP contribution in [0.2, 0.25) is 0 Å². The molecule has 0 radical (unpaired) electrons. The van der Waals surface area contributed by atoms with Gasteiger partial charge in [-0.25, -0.2) is 0 Å². The van der Waals surface area contributed by atoms with Gasteiger partial charge in [-0.15, -0.1) is 0 Å². The summed E-state index contributed by atoms with van der Waals surface area (Å²) in [7, 11) is 0. The summed E-state index contributed by atoms with van der Waals surface area (Å²) in [6.07, 6.45) is 2.21. The summed E-state index contributed by atoms with van der Waals surface area (Å²) in [4.78, 5) is 2.45. The summed E-state index contributed by atoms with van der Waals surface area (Å²) >= 11 is 0. The van der Waals surface area contributed by atoms with Gasteiger partial charge in [-0.3, -0.25) is 4.90 Å². The summed E-state index contributed by atoms with van der Waals surface area (Å²) in [5.41, 5.74) is 1.27. The minimum atomic E-state index is 0.337. The monoisotopic (exact) mass is 249 g/mol. The van der Waals surface area contributed by atoms with Crippen molar-refractivity contribution in [3.63, 3.8) is 0 Å². The standard InChI is InChI=1S/C15H23NO2/c1-2-18-15-6-4-3-5-14(15)11-16-9-7-13(12-17)8-10-16/h3-6,13,17H,2,7-12H2,1H3. The van der Waals surface area contributed by atoms with Crippen molar-refractivity contribution in [1.82, 2.24) is 4.90 Å². The zero-order valence-corrected chi connectivity index (χ0v) is 11.1. The summed E-state index contributed by atoms with van der Waals surface area (Å²) in [6.45, 7) is 6.17. The van der Waals surface area contributed by atoms with E-state index in [1.807, 2.05) is 19.1 Å². The first-order chi connectivity index (χ1) is 8.83. The van der Waals surface area contributed by atoms with E-state index in [1.54, 1.807) is 0 Å². The van der Waals surface area contributed by atoms with Crippen molar-refractivity contribution in [3.05, 3.63) is 29.8 Å². The average molecular weight is 249 g/mol. The normalized spacial score (nSPS) is 17.9. The lowest BCUT2D eigenvalue weighted by Crippen LogP contribution is -2.34. The van der Waals surface area contributed by atoms with E-state index in [-0.39, 0.29) is 0 Å². The Bertz CT molecular complexity index is 359. The van der Waals surface area contributed by atoms with Gasteiger partial charge in [0.2, 0.25) is 0 Å². The second-order valence-corrected chi connectivity index (χ2v) is 4.94. The molecule has 3 heteroatoms. The van der Waals surface area contributed by atoms with E-state index >= 15 is 0 Å². The summed E-state index contributed by atoms with van der Waals surface area (Å²) in [5.74, 6) is 1.51. The average Bonchev–Trinajstić information content (AvgIpc) is 2.42. The van der Waals surface area contributed by atoms with Crippen LogP contribution >= 0.6 is 0 Å². The van der Waals surface area contributed by atoms with Gasteiger partial charge in [-0.05, 0) is 44.8 Å². The molecule has 0 aromatic heterocycles. The summed E-state index contributed by atoms with van der Waals surface area (Å²) in [6, 6.07) is 8.27. The number of aliphatic hydroxyl groups is 1. The topological polar surface area (TPSA) is 32.7 Å². The summed E-state index contributed by atoms with van der Waals surface area (Å²) < 4.78 is 5.65. The number of hydrogen-bond acceptors (Lipinski definition) is 3. The van der Waals surface area contributed by atoms with Gasteiger partial charge in [0, 0.05) is 18.7 Å². The Kier molecular flexibility index (Phi) is 5.02. The molecular formula is C15H23NO2. The Hall–Kier alpha value is -1.06. The van der Waals surface area contributed by atoms with Gasteiger partial charge in [0.05, 0.1) is 6.61 Å². The van der Waals surface area contributed by atoms with Crippen molar-refractivity contribution in [2.24, 2.45) is 5.92 Å². The molecule has 2 rings (SSSR count). The maximum Gasteiger partial charge on any atom is 0.123 e. The maximum atomic E-state index is 9.14. The van der Waals surface area contributed by atoms with Crippen LogP contribution in [0.3, 0.4) is 0 Å². The summed E-state index contributed by atoms with van der Waals surface area (Å²) in [5, 5.41) is 9.14. The molecule has 0 atom stereocenters. The zero-order chi connectivity index (χ0) is 12.8. The molecule has 1 aromatic rings. The molecule has 0 aliphatic carbocycles. The molecular weight excluding hydrogens is 226 g/mol. The molecule has 1 heterocycles. The molecule has 0 amide bonds. The third-order valence-corrected chi connectivity index (χ3v) is 3.63. The Labute approximate surface area is 109 Å². The van der Waals surface area contributed by atoms with E-state index in [9.17, 15) is 0 Å². The van der Waals surface area contributed by atoms with Crippen molar-refractivity contribution >= 4 is 0 Å². The zero-order valence-electron chi connectivity index (χ0n) is 11.1. The van der Waals surface area contributed by atoms with Gasteiger partial charge >= 0.3 is 0 Å². The quantitative estimate of drug-likeness (QED) is 0.869. The van der Waals surface area contributed by atoms with Gasteiger partial charge in [-0.2, -0.15) is 0 Å². The molecule has 18 heavy (non-hydrogen) atoms. The maximum absolute atomic E-state index is 9.14. The lowest BCUT2D eigenvalue weighted by Gasteiger charge is -2.31. The van der Waals surface area contributed by atoms with Crippen LogP contribution in [0, 0.1) is 5.92 Å². The van der Waals surface area contributed by atoms with Crippen LogP contribution in [-0.2, 0) is 6.54 Å².